The highest BCUT2D eigenvalue weighted by Gasteiger charge is 2.63. The van der Waals surface area contributed by atoms with Crippen LogP contribution in [-0.2, 0) is 19.1 Å². The lowest BCUT2D eigenvalue weighted by Crippen LogP contribution is -2.56. The first-order valence-corrected chi connectivity index (χ1v) is 8.75. The van der Waals surface area contributed by atoms with Crippen molar-refractivity contribution in [3.05, 3.63) is 42.0 Å². The largest absolute Gasteiger partial charge is 0.469 e. The highest BCUT2D eigenvalue weighted by Crippen LogP contribution is 2.48. The standard InChI is InChI=1S/C20H25NO5/c1-12(2)21-11-20(24)15(25-3)10-14(13-8-6-5-7-9-13)16(19(23)26-4)17(20)18(21)22/h5-10,12,15-17,24H,11H2,1-4H3. The van der Waals surface area contributed by atoms with Gasteiger partial charge >= 0.3 is 5.97 Å². The molecule has 3 rings (SSSR count). The van der Waals surface area contributed by atoms with Crippen molar-refractivity contribution in [1.82, 2.24) is 4.90 Å². The Hall–Kier alpha value is -2.18. The number of fused-ring (bicyclic) bond motifs is 1. The lowest BCUT2D eigenvalue weighted by molar-refractivity contribution is -0.157. The summed E-state index contributed by atoms with van der Waals surface area (Å²) in [6, 6.07) is 9.27. The summed E-state index contributed by atoms with van der Waals surface area (Å²) < 4.78 is 10.5. The number of rotatable bonds is 4. The fourth-order valence-electron chi connectivity index (χ4n) is 4.14. The number of aliphatic hydroxyl groups is 1. The predicted molar refractivity (Wildman–Crippen MR) is 96.0 cm³/mol. The molecule has 1 N–H and O–H groups in total. The molecule has 1 amide bonds. The maximum absolute atomic E-state index is 13.1. The third-order valence-electron chi connectivity index (χ3n) is 5.44. The molecule has 1 aromatic carbocycles. The lowest BCUT2D eigenvalue weighted by Gasteiger charge is -2.41. The van der Waals surface area contributed by atoms with E-state index < -0.39 is 29.5 Å². The summed E-state index contributed by atoms with van der Waals surface area (Å²) in [6.07, 6.45) is 1.06. The molecule has 1 saturated heterocycles. The fraction of sp³-hybridized carbons (Fsp3) is 0.500. The normalized spacial score (nSPS) is 31.0. The van der Waals surface area contributed by atoms with Crippen LogP contribution < -0.4 is 0 Å². The van der Waals surface area contributed by atoms with Crippen molar-refractivity contribution in [2.75, 3.05) is 20.8 Å². The van der Waals surface area contributed by atoms with E-state index in [1.807, 2.05) is 44.2 Å². The minimum atomic E-state index is -1.48. The van der Waals surface area contributed by atoms with Crippen molar-refractivity contribution >= 4 is 17.4 Å². The minimum Gasteiger partial charge on any atom is -0.469 e. The summed E-state index contributed by atoms with van der Waals surface area (Å²) in [5.74, 6) is -2.60. The Labute approximate surface area is 153 Å². The Morgan fingerprint density at radius 1 is 1.27 bits per heavy atom. The molecule has 1 aliphatic heterocycles. The number of benzene rings is 1. The zero-order chi connectivity index (χ0) is 19.1. The van der Waals surface area contributed by atoms with Gasteiger partial charge in [0.25, 0.3) is 0 Å². The van der Waals surface area contributed by atoms with E-state index in [1.165, 1.54) is 14.2 Å². The van der Waals surface area contributed by atoms with Gasteiger partial charge in [-0.25, -0.2) is 0 Å². The Kier molecular flexibility index (Phi) is 4.90. The highest BCUT2D eigenvalue weighted by atomic mass is 16.5. The Morgan fingerprint density at radius 2 is 1.92 bits per heavy atom. The number of carbonyl (C=O) groups is 2. The number of hydrogen-bond acceptors (Lipinski definition) is 5. The topological polar surface area (TPSA) is 76.1 Å². The molecular formula is C20H25NO5. The molecule has 6 nitrogen and oxygen atoms in total. The highest BCUT2D eigenvalue weighted by molar-refractivity contribution is 5.98. The van der Waals surface area contributed by atoms with E-state index in [0.717, 1.165) is 5.56 Å². The molecule has 0 saturated carbocycles. The Balaban J connectivity index is 2.18. The molecule has 0 bridgehead atoms. The molecule has 1 aromatic rings. The predicted octanol–water partition coefficient (Wildman–Crippen LogP) is 1.49. The van der Waals surface area contributed by atoms with Crippen LogP contribution in [0.4, 0.5) is 0 Å². The van der Waals surface area contributed by atoms with Crippen LogP contribution in [0.1, 0.15) is 19.4 Å². The molecule has 4 atom stereocenters. The molecule has 0 radical (unpaired) electrons. The van der Waals surface area contributed by atoms with Crippen LogP contribution >= 0.6 is 0 Å². The number of methoxy groups -OCH3 is 2. The number of likely N-dealkylation sites (tertiary alicyclic amines) is 1. The van der Waals surface area contributed by atoms with Gasteiger partial charge in [0.1, 0.15) is 11.7 Å². The molecule has 140 valence electrons. The van der Waals surface area contributed by atoms with Gasteiger partial charge in [-0.2, -0.15) is 0 Å². The van der Waals surface area contributed by atoms with Gasteiger partial charge < -0.3 is 19.5 Å². The fourth-order valence-corrected chi connectivity index (χ4v) is 4.14. The number of esters is 1. The average Bonchev–Trinajstić information content (AvgIpc) is 2.92. The second-order valence-corrected chi connectivity index (χ2v) is 7.17. The van der Waals surface area contributed by atoms with Gasteiger partial charge in [0, 0.05) is 13.2 Å². The summed E-state index contributed by atoms with van der Waals surface area (Å²) in [5, 5.41) is 11.4. The van der Waals surface area contributed by atoms with Gasteiger partial charge in [0.05, 0.1) is 25.5 Å². The van der Waals surface area contributed by atoms with Crippen LogP contribution in [0.2, 0.25) is 0 Å². The van der Waals surface area contributed by atoms with E-state index in [2.05, 4.69) is 0 Å². The van der Waals surface area contributed by atoms with E-state index in [4.69, 9.17) is 9.47 Å². The van der Waals surface area contributed by atoms with Crippen LogP contribution in [-0.4, -0.2) is 60.4 Å². The van der Waals surface area contributed by atoms with Crippen molar-refractivity contribution in [2.24, 2.45) is 11.8 Å². The number of β-amino-alcohol motifs (C(OH)–C–C–N with tert-alkyl or cyclic N) is 1. The molecule has 0 spiro atoms. The first kappa shape index (κ1) is 18.6. The second-order valence-electron chi connectivity index (χ2n) is 7.17. The molecular weight excluding hydrogens is 334 g/mol. The van der Waals surface area contributed by atoms with Crippen LogP contribution in [0, 0.1) is 11.8 Å². The van der Waals surface area contributed by atoms with Crippen molar-refractivity contribution in [1.29, 1.82) is 0 Å². The van der Waals surface area contributed by atoms with Crippen molar-refractivity contribution < 1.29 is 24.2 Å². The molecule has 1 heterocycles. The molecule has 2 aliphatic rings. The van der Waals surface area contributed by atoms with Gasteiger partial charge in [-0.15, -0.1) is 0 Å². The van der Waals surface area contributed by atoms with E-state index in [1.54, 1.807) is 11.0 Å². The molecule has 4 unspecified atom stereocenters. The number of amides is 1. The Bertz CT molecular complexity index is 729. The molecule has 0 aromatic heterocycles. The van der Waals surface area contributed by atoms with Crippen LogP contribution in [0.15, 0.2) is 36.4 Å². The zero-order valence-corrected chi connectivity index (χ0v) is 15.5. The number of carbonyl (C=O) groups excluding carboxylic acids is 2. The van der Waals surface area contributed by atoms with E-state index in [9.17, 15) is 14.7 Å². The van der Waals surface area contributed by atoms with Gasteiger partial charge in [-0.05, 0) is 31.1 Å². The molecule has 1 aliphatic carbocycles. The maximum atomic E-state index is 13.1. The summed E-state index contributed by atoms with van der Waals surface area (Å²) in [4.78, 5) is 27.4. The smallest absolute Gasteiger partial charge is 0.314 e. The number of nitrogens with zero attached hydrogens (tertiary/aromatic N) is 1. The SMILES string of the molecule is COC(=O)C1C(c2ccccc2)=CC(OC)C2(O)CN(C(C)C)C(=O)C12. The van der Waals surface area contributed by atoms with E-state index >= 15 is 0 Å². The molecule has 6 heteroatoms. The van der Waals surface area contributed by atoms with Gasteiger partial charge in [-0.3, -0.25) is 9.59 Å². The summed E-state index contributed by atoms with van der Waals surface area (Å²) >= 11 is 0. The number of ether oxygens (including phenoxy) is 2. The van der Waals surface area contributed by atoms with E-state index in [0.29, 0.717) is 5.57 Å². The summed E-state index contributed by atoms with van der Waals surface area (Å²) in [5.41, 5.74) is -0.0199. The monoisotopic (exact) mass is 359 g/mol. The lowest BCUT2D eigenvalue weighted by atomic mass is 9.67. The summed E-state index contributed by atoms with van der Waals surface area (Å²) in [7, 11) is 2.80. The average molecular weight is 359 g/mol. The molecule has 26 heavy (non-hydrogen) atoms. The number of hydrogen-bond donors (Lipinski definition) is 1. The summed E-state index contributed by atoms with van der Waals surface area (Å²) in [6.45, 7) is 3.90. The zero-order valence-electron chi connectivity index (χ0n) is 15.5. The third-order valence-corrected chi connectivity index (χ3v) is 5.44. The van der Waals surface area contributed by atoms with Crippen LogP contribution in [0.5, 0.6) is 0 Å². The van der Waals surface area contributed by atoms with Crippen molar-refractivity contribution in [3.8, 4) is 0 Å². The third kappa shape index (κ3) is 2.73. The molecule has 1 fully saturated rings. The minimum absolute atomic E-state index is 0.0897. The van der Waals surface area contributed by atoms with Gasteiger partial charge in [-0.1, -0.05) is 30.3 Å². The quantitative estimate of drug-likeness (QED) is 0.825. The second kappa shape index (κ2) is 6.85. The van der Waals surface area contributed by atoms with Gasteiger partial charge in [0.2, 0.25) is 5.91 Å². The van der Waals surface area contributed by atoms with Crippen molar-refractivity contribution in [3.63, 3.8) is 0 Å². The van der Waals surface area contributed by atoms with Crippen LogP contribution in [0.25, 0.3) is 5.57 Å². The van der Waals surface area contributed by atoms with E-state index in [-0.39, 0.29) is 18.5 Å². The van der Waals surface area contributed by atoms with Gasteiger partial charge in [0.15, 0.2) is 0 Å². The first-order chi connectivity index (χ1) is 12.3. The Morgan fingerprint density at radius 3 is 2.46 bits per heavy atom. The van der Waals surface area contributed by atoms with Crippen molar-refractivity contribution in [2.45, 2.75) is 31.6 Å². The maximum Gasteiger partial charge on any atom is 0.314 e. The first-order valence-electron chi connectivity index (χ1n) is 8.75. The van der Waals surface area contributed by atoms with Crippen LogP contribution in [0.3, 0.4) is 0 Å².